The summed E-state index contributed by atoms with van der Waals surface area (Å²) in [5.41, 5.74) is 1.95. The number of benzene rings is 1. The second kappa shape index (κ2) is 6.09. The molecule has 4 heteroatoms. The highest BCUT2D eigenvalue weighted by Crippen LogP contribution is 2.22. The molecule has 0 radical (unpaired) electrons. The van der Waals surface area contributed by atoms with E-state index in [9.17, 15) is 5.11 Å². The molecule has 2 N–H and O–H groups in total. The van der Waals surface area contributed by atoms with E-state index >= 15 is 0 Å². The van der Waals surface area contributed by atoms with E-state index in [0.29, 0.717) is 12.4 Å². The highest BCUT2D eigenvalue weighted by atomic mass is 16.5. The summed E-state index contributed by atoms with van der Waals surface area (Å²) in [6.45, 7) is 4.59. The summed E-state index contributed by atoms with van der Waals surface area (Å²) in [7, 11) is 0. The molecule has 19 heavy (non-hydrogen) atoms. The van der Waals surface area contributed by atoms with Crippen LogP contribution in [0.2, 0.25) is 0 Å². The van der Waals surface area contributed by atoms with Crippen LogP contribution in [0.25, 0.3) is 0 Å². The normalized spacial score (nSPS) is 10.5. The van der Waals surface area contributed by atoms with E-state index in [0.717, 1.165) is 11.3 Å². The van der Waals surface area contributed by atoms with Crippen molar-refractivity contribution < 1.29 is 9.84 Å². The maximum atomic E-state index is 9.23. The third-order valence-electron chi connectivity index (χ3n) is 2.54. The van der Waals surface area contributed by atoms with Gasteiger partial charge >= 0.3 is 0 Å². The lowest BCUT2D eigenvalue weighted by molar-refractivity contribution is 0.234. The van der Waals surface area contributed by atoms with Gasteiger partial charge in [0, 0.05) is 12.7 Å². The van der Waals surface area contributed by atoms with E-state index in [4.69, 9.17) is 4.74 Å². The molecular weight excluding hydrogens is 240 g/mol. The molecule has 1 heterocycles. The molecule has 4 nitrogen and oxygen atoms in total. The number of anilines is 1. The van der Waals surface area contributed by atoms with Gasteiger partial charge < -0.3 is 15.2 Å². The van der Waals surface area contributed by atoms with E-state index in [2.05, 4.69) is 10.3 Å². The number of hydrogen-bond acceptors (Lipinski definition) is 4. The molecule has 0 fully saturated rings. The maximum Gasteiger partial charge on any atom is 0.237 e. The highest BCUT2D eigenvalue weighted by Gasteiger charge is 2.06. The van der Waals surface area contributed by atoms with Crippen molar-refractivity contribution in [1.82, 2.24) is 4.98 Å². The number of ether oxygens (including phenoxy) is 1. The third kappa shape index (κ3) is 3.88. The van der Waals surface area contributed by atoms with Gasteiger partial charge in [-0.2, -0.15) is 0 Å². The Balaban J connectivity index is 2.04. The minimum atomic E-state index is 0.0872. The molecule has 0 aliphatic carbocycles. The number of pyridine rings is 1. The van der Waals surface area contributed by atoms with E-state index < -0.39 is 0 Å². The molecule has 2 aromatic rings. The van der Waals surface area contributed by atoms with Crippen LogP contribution in [0, 0.1) is 0 Å². The Hall–Kier alpha value is -2.23. The lowest BCUT2D eigenvalue weighted by Crippen LogP contribution is -2.10. The lowest BCUT2D eigenvalue weighted by Gasteiger charge is -2.14. The first-order chi connectivity index (χ1) is 9.15. The van der Waals surface area contributed by atoms with Gasteiger partial charge in [-0.15, -0.1) is 0 Å². The lowest BCUT2D eigenvalue weighted by atomic mass is 10.2. The van der Waals surface area contributed by atoms with Gasteiger partial charge in [0.1, 0.15) is 5.75 Å². The first-order valence-corrected chi connectivity index (χ1v) is 6.28. The molecule has 0 aliphatic heterocycles. The van der Waals surface area contributed by atoms with Gasteiger partial charge in [0.15, 0.2) is 0 Å². The molecule has 100 valence electrons. The van der Waals surface area contributed by atoms with Crippen LogP contribution in [0.4, 0.5) is 5.69 Å². The molecule has 0 unspecified atom stereocenters. The number of rotatable bonds is 5. The average molecular weight is 258 g/mol. The van der Waals surface area contributed by atoms with Crippen molar-refractivity contribution in [2.75, 3.05) is 5.32 Å². The van der Waals surface area contributed by atoms with Crippen molar-refractivity contribution in [2.24, 2.45) is 0 Å². The van der Waals surface area contributed by atoms with Gasteiger partial charge in [0.2, 0.25) is 5.88 Å². The molecule has 0 aliphatic rings. The topological polar surface area (TPSA) is 54.4 Å². The van der Waals surface area contributed by atoms with Gasteiger partial charge in [-0.05, 0) is 43.7 Å². The molecule has 0 amide bonds. The Morgan fingerprint density at radius 1 is 1.21 bits per heavy atom. The Morgan fingerprint density at radius 3 is 2.63 bits per heavy atom. The second-order valence-corrected chi connectivity index (χ2v) is 4.54. The van der Waals surface area contributed by atoms with E-state index in [1.54, 1.807) is 18.3 Å². The highest BCUT2D eigenvalue weighted by molar-refractivity contribution is 5.52. The molecule has 0 spiro atoms. The van der Waals surface area contributed by atoms with Crippen LogP contribution < -0.4 is 10.1 Å². The van der Waals surface area contributed by atoms with Crippen molar-refractivity contribution in [3.05, 3.63) is 48.2 Å². The first kappa shape index (κ1) is 13.2. The van der Waals surface area contributed by atoms with E-state index in [1.165, 1.54) is 0 Å². The first-order valence-electron chi connectivity index (χ1n) is 6.28. The largest absolute Gasteiger partial charge is 0.508 e. The third-order valence-corrected chi connectivity index (χ3v) is 2.54. The van der Waals surface area contributed by atoms with Gasteiger partial charge in [-0.1, -0.05) is 12.1 Å². The number of hydrogen-bond donors (Lipinski definition) is 2. The summed E-state index contributed by atoms with van der Waals surface area (Å²) in [5.74, 6) is 0.880. The Morgan fingerprint density at radius 2 is 1.95 bits per heavy atom. The fourth-order valence-corrected chi connectivity index (χ4v) is 1.65. The van der Waals surface area contributed by atoms with Gasteiger partial charge in [-0.3, -0.25) is 0 Å². The van der Waals surface area contributed by atoms with E-state index in [-0.39, 0.29) is 11.9 Å². The Labute approximate surface area is 113 Å². The average Bonchev–Trinajstić information content (AvgIpc) is 2.39. The zero-order valence-corrected chi connectivity index (χ0v) is 11.1. The van der Waals surface area contributed by atoms with Crippen LogP contribution in [0.15, 0.2) is 42.6 Å². The number of aromatic nitrogens is 1. The maximum absolute atomic E-state index is 9.23. The minimum Gasteiger partial charge on any atom is -0.508 e. The minimum absolute atomic E-state index is 0.0872. The number of aromatic hydroxyl groups is 1. The monoisotopic (exact) mass is 258 g/mol. The smallest absolute Gasteiger partial charge is 0.237 e. The fraction of sp³-hybridized carbons (Fsp3) is 0.267. The van der Waals surface area contributed by atoms with Crippen LogP contribution >= 0.6 is 0 Å². The predicted molar refractivity (Wildman–Crippen MR) is 75.4 cm³/mol. The van der Waals surface area contributed by atoms with Crippen LogP contribution in [-0.4, -0.2) is 16.2 Å². The van der Waals surface area contributed by atoms with Crippen LogP contribution in [0.5, 0.6) is 11.6 Å². The van der Waals surface area contributed by atoms with Gasteiger partial charge in [0.05, 0.1) is 11.8 Å². The molecular formula is C15H18N2O2. The van der Waals surface area contributed by atoms with Crippen LogP contribution in [-0.2, 0) is 6.54 Å². The number of phenolic OH excluding ortho intramolecular Hbond substituents is 1. The van der Waals surface area contributed by atoms with Crippen molar-refractivity contribution in [3.8, 4) is 11.6 Å². The SMILES string of the molecule is CC(C)Oc1ncccc1NCc1ccc(O)cc1. The van der Waals surface area contributed by atoms with Crippen molar-refractivity contribution in [1.29, 1.82) is 0 Å². The predicted octanol–water partition coefficient (Wildman–Crippen LogP) is 3.19. The molecule has 1 aromatic carbocycles. The molecule has 1 aromatic heterocycles. The van der Waals surface area contributed by atoms with Crippen molar-refractivity contribution in [2.45, 2.75) is 26.5 Å². The Bertz CT molecular complexity index is 524. The molecule has 0 saturated heterocycles. The van der Waals surface area contributed by atoms with Gasteiger partial charge in [0.25, 0.3) is 0 Å². The molecule has 0 atom stereocenters. The van der Waals surface area contributed by atoms with Crippen molar-refractivity contribution >= 4 is 5.69 Å². The van der Waals surface area contributed by atoms with Crippen LogP contribution in [0.3, 0.4) is 0 Å². The summed E-state index contributed by atoms with van der Waals surface area (Å²) in [6.07, 6.45) is 1.80. The zero-order valence-electron chi connectivity index (χ0n) is 11.1. The van der Waals surface area contributed by atoms with E-state index in [1.807, 2.05) is 38.1 Å². The second-order valence-electron chi connectivity index (χ2n) is 4.54. The molecule has 2 rings (SSSR count). The molecule has 0 saturated carbocycles. The summed E-state index contributed by atoms with van der Waals surface area (Å²) < 4.78 is 5.64. The summed E-state index contributed by atoms with van der Waals surface area (Å²) in [6, 6.07) is 10.9. The quantitative estimate of drug-likeness (QED) is 0.864. The standard InChI is InChI=1S/C15H18N2O2/c1-11(2)19-15-14(4-3-9-16-15)17-10-12-5-7-13(18)8-6-12/h3-9,11,17-18H,10H2,1-2H3. The Kier molecular flexibility index (Phi) is 4.23. The summed E-state index contributed by atoms with van der Waals surface area (Å²) in [4.78, 5) is 4.22. The summed E-state index contributed by atoms with van der Waals surface area (Å²) >= 11 is 0. The number of nitrogens with one attached hydrogen (secondary N) is 1. The molecule has 0 bridgehead atoms. The number of nitrogens with zero attached hydrogens (tertiary/aromatic N) is 1. The number of phenols is 1. The van der Waals surface area contributed by atoms with Crippen molar-refractivity contribution in [3.63, 3.8) is 0 Å². The fourth-order valence-electron chi connectivity index (χ4n) is 1.65. The zero-order chi connectivity index (χ0) is 13.7. The van der Waals surface area contributed by atoms with Gasteiger partial charge in [-0.25, -0.2) is 4.98 Å². The summed E-state index contributed by atoms with van der Waals surface area (Å²) in [5, 5.41) is 12.5. The van der Waals surface area contributed by atoms with Crippen LogP contribution in [0.1, 0.15) is 19.4 Å².